The number of alkyl halides is 6. The van der Waals surface area contributed by atoms with Crippen molar-refractivity contribution in [2.45, 2.75) is 26.3 Å². The van der Waals surface area contributed by atoms with Crippen LogP contribution in [0.15, 0.2) is 12.2 Å². The van der Waals surface area contributed by atoms with Crippen LogP contribution in [0.1, 0.15) is 6.92 Å². The van der Waals surface area contributed by atoms with Gasteiger partial charge in [-0.2, -0.15) is 0 Å². The lowest BCUT2D eigenvalue weighted by Gasteiger charge is -2.50. The Hall–Kier alpha value is 0.950. The Balaban J connectivity index is 0.000000325. The number of hydrogen-bond acceptors (Lipinski definition) is 2. The number of hydrogen-bond donors (Lipinski definition) is 0. The van der Waals surface area contributed by atoms with Crippen molar-refractivity contribution >= 4 is 75.6 Å². The topological polar surface area (TPSA) is 40.1 Å². The minimum atomic E-state index is -1.22. The Kier molecular flexibility index (Phi) is 6.07. The Morgan fingerprint density at radius 3 is 1.38 bits per heavy atom. The van der Waals surface area contributed by atoms with Crippen molar-refractivity contribution in [1.82, 2.24) is 0 Å². The smallest absolute Gasteiger partial charge is 0.156 e. The molecule has 0 aromatic rings. The predicted octanol–water partition coefficient (Wildman–Crippen LogP) is 2.88. The van der Waals surface area contributed by atoms with Gasteiger partial charge in [0.15, 0.2) is 8.67 Å². The average Bonchev–Trinajstić information content (AvgIpc) is 2.16. The summed E-state index contributed by atoms with van der Waals surface area (Å²) in [5, 5.41) is 8.03. The number of carbonyl (C=O) groups excluding carboxylic acids is 1. The number of carboxylic acid groups (broad SMARTS) is 1. The van der Waals surface area contributed by atoms with E-state index in [0.717, 1.165) is 0 Å². The van der Waals surface area contributed by atoms with Crippen LogP contribution in [-0.4, -0.2) is 25.4 Å². The van der Waals surface area contributed by atoms with Gasteiger partial charge in [-0.15, -0.1) is 23.2 Å². The zero-order valence-corrected chi connectivity index (χ0v) is 12.5. The molecule has 0 heterocycles. The highest BCUT2D eigenvalue weighted by Gasteiger charge is 2.68. The highest BCUT2D eigenvalue weighted by Crippen LogP contribution is 2.60. The summed E-state index contributed by atoms with van der Waals surface area (Å²) >= 11 is 33.7. The van der Waals surface area contributed by atoms with Gasteiger partial charge >= 0.3 is 0 Å². The summed E-state index contributed by atoms with van der Waals surface area (Å²) in [6, 6.07) is 0. The van der Waals surface area contributed by atoms with Crippen LogP contribution in [0.3, 0.4) is 0 Å². The van der Waals surface area contributed by atoms with E-state index in [4.69, 9.17) is 69.6 Å². The molecule has 0 N–H and O–H groups in total. The Bertz CT molecular complexity index is 259. The molecule has 0 aromatic heterocycles. The van der Waals surface area contributed by atoms with Crippen molar-refractivity contribution in [3.05, 3.63) is 12.2 Å². The standard InChI is InChI=1S/C4H2Cl6.C4H6O2/c5-1-3(7,8)2(6)4(1,9)10;1-3(2)4(5)6/h1-2H;1H2,2H3,(H,5,6)/p-1. The molecule has 0 atom stereocenters. The van der Waals surface area contributed by atoms with E-state index in [1.165, 1.54) is 6.92 Å². The van der Waals surface area contributed by atoms with E-state index in [2.05, 4.69) is 6.58 Å². The van der Waals surface area contributed by atoms with Crippen molar-refractivity contribution in [2.24, 2.45) is 0 Å². The number of rotatable bonds is 1. The summed E-state index contributed by atoms with van der Waals surface area (Å²) in [4.78, 5) is 9.49. The quantitative estimate of drug-likeness (QED) is 0.540. The summed E-state index contributed by atoms with van der Waals surface area (Å²) < 4.78 is -2.43. The third kappa shape index (κ3) is 3.47. The maximum Gasteiger partial charge on any atom is 0.156 e. The van der Waals surface area contributed by atoms with Crippen LogP contribution >= 0.6 is 69.6 Å². The molecule has 1 saturated carbocycles. The van der Waals surface area contributed by atoms with Gasteiger partial charge in [0.1, 0.15) is 10.8 Å². The minimum Gasteiger partial charge on any atom is -0.545 e. The van der Waals surface area contributed by atoms with Gasteiger partial charge in [-0.25, -0.2) is 0 Å². The van der Waals surface area contributed by atoms with Crippen molar-refractivity contribution in [3.63, 3.8) is 0 Å². The SMILES string of the molecule is C=C(C)C(=O)[O-].ClC1C(Cl)(Cl)C(Cl)C1(Cl)Cl. The zero-order valence-electron chi connectivity index (χ0n) is 7.95. The van der Waals surface area contributed by atoms with E-state index in [9.17, 15) is 9.90 Å². The van der Waals surface area contributed by atoms with E-state index in [1.807, 2.05) is 0 Å². The summed E-state index contributed by atoms with van der Waals surface area (Å²) in [6.45, 7) is 4.48. The lowest BCUT2D eigenvalue weighted by Crippen LogP contribution is -2.66. The number of aliphatic carboxylic acids is 1. The average molecular weight is 348 g/mol. The Morgan fingerprint density at radius 1 is 1.12 bits per heavy atom. The second-order valence-corrected chi connectivity index (χ2v) is 6.90. The van der Waals surface area contributed by atoms with Crippen LogP contribution in [-0.2, 0) is 4.79 Å². The van der Waals surface area contributed by atoms with Gasteiger partial charge in [-0.05, 0) is 12.5 Å². The molecular formula is C8H7Cl6O2-. The zero-order chi connectivity index (χ0) is 13.3. The van der Waals surface area contributed by atoms with Crippen molar-refractivity contribution in [1.29, 1.82) is 0 Å². The molecule has 0 aromatic carbocycles. The first kappa shape index (κ1) is 16.9. The third-order valence-electron chi connectivity index (χ3n) is 1.70. The molecule has 2 nitrogen and oxygen atoms in total. The molecular weight excluding hydrogens is 341 g/mol. The van der Waals surface area contributed by atoms with E-state index >= 15 is 0 Å². The molecule has 0 saturated heterocycles. The van der Waals surface area contributed by atoms with Crippen molar-refractivity contribution in [2.75, 3.05) is 0 Å². The van der Waals surface area contributed by atoms with Gasteiger partial charge < -0.3 is 9.90 Å². The molecule has 0 unspecified atom stereocenters. The molecule has 8 heteroatoms. The second kappa shape index (κ2) is 5.73. The normalized spacial score (nSPS) is 29.4. The first-order chi connectivity index (χ1) is 6.95. The van der Waals surface area contributed by atoms with Crippen molar-refractivity contribution < 1.29 is 9.90 Å². The molecule has 1 aliphatic carbocycles. The molecule has 1 rings (SSSR count). The molecule has 0 spiro atoms. The van der Waals surface area contributed by atoms with Gasteiger partial charge in [0.2, 0.25) is 0 Å². The molecule has 0 aliphatic heterocycles. The highest BCUT2D eigenvalue weighted by molar-refractivity contribution is 6.67. The van der Waals surface area contributed by atoms with Crippen molar-refractivity contribution in [3.8, 4) is 0 Å². The predicted molar refractivity (Wildman–Crippen MR) is 68.0 cm³/mol. The highest BCUT2D eigenvalue weighted by atomic mass is 35.5. The van der Waals surface area contributed by atoms with Gasteiger partial charge in [0.25, 0.3) is 0 Å². The molecule has 1 aliphatic rings. The van der Waals surface area contributed by atoms with Crippen LogP contribution in [0.25, 0.3) is 0 Å². The second-order valence-electron chi connectivity index (χ2n) is 3.14. The van der Waals surface area contributed by atoms with Crippen LogP contribution < -0.4 is 5.11 Å². The van der Waals surface area contributed by atoms with Gasteiger partial charge in [-0.3, -0.25) is 0 Å². The molecule has 94 valence electrons. The third-order valence-corrected chi connectivity index (χ3v) is 5.72. The van der Waals surface area contributed by atoms with Gasteiger partial charge in [0, 0.05) is 0 Å². The van der Waals surface area contributed by atoms with Gasteiger partial charge in [-0.1, -0.05) is 53.0 Å². The fourth-order valence-electron chi connectivity index (χ4n) is 0.674. The van der Waals surface area contributed by atoms with E-state index in [1.54, 1.807) is 0 Å². The first-order valence-corrected chi connectivity index (χ1v) is 6.24. The molecule has 0 amide bonds. The number of halogens is 6. The van der Waals surface area contributed by atoms with Crippen LogP contribution in [0.4, 0.5) is 0 Å². The molecule has 16 heavy (non-hydrogen) atoms. The van der Waals surface area contributed by atoms with Gasteiger partial charge in [0.05, 0.1) is 5.97 Å². The van der Waals surface area contributed by atoms with Crippen LogP contribution in [0.5, 0.6) is 0 Å². The molecule has 0 bridgehead atoms. The molecule has 1 fully saturated rings. The fourth-order valence-corrected chi connectivity index (χ4v) is 3.13. The largest absolute Gasteiger partial charge is 0.545 e. The number of carboxylic acids is 1. The van der Waals surface area contributed by atoms with E-state index in [-0.39, 0.29) is 5.57 Å². The lowest BCUT2D eigenvalue weighted by molar-refractivity contribution is -0.299. The summed E-state index contributed by atoms with van der Waals surface area (Å²) in [7, 11) is 0. The van der Waals surface area contributed by atoms with Crippen LogP contribution in [0.2, 0.25) is 0 Å². The Morgan fingerprint density at radius 2 is 1.31 bits per heavy atom. The summed E-state index contributed by atoms with van der Waals surface area (Å²) in [5.41, 5.74) is 0.0648. The summed E-state index contributed by atoms with van der Waals surface area (Å²) in [6.07, 6.45) is 0. The van der Waals surface area contributed by atoms with Crippen LogP contribution in [0, 0.1) is 0 Å². The fraction of sp³-hybridized carbons (Fsp3) is 0.625. The first-order valence-electron chi connectivity index (χ1n) is 3.86. The van der Waals surface area contributed by atoms with E-state index < -0.39 is 25.4 Å². The monoisotopic (exact) mass is 345 g/mol. The molecule has 0 radical (unpaired) electrons. The summed E-state index contributed by atoms with van der Waals surface area (Å²) in [5.74, 6) is -1.19. The maximum atomic E-state index is 9.49. The Labute approximate surface area is 123 Å². The number of carbonyl (C=O) groups is 1. The maximum absolute atomic E-state index is 9.49. The minimum absolute atomic E-state index is 0.0648. The van der Waals surface area contributed by atoms with E-state index in [0.29, 0.717) is 0 Å². The lowest BCUT2D eigenvalue weighted by atomic mass is 9.95.